The van der Waals surface area contributed by atoms with Crippen LogP contribution in [-0.4, -0.2) is 141 Å². The summed E-state index contributed by atoms with van der Waals surface area (Å²) >= 11 is 0. The minimum absolute atomic E-state index is 0.0249. The largest absolute Gasteiger partial charge is 0.480 e. The van der Waals surface area contributed by atoms with Crippen LogP contribution in [0.2, 0.25) is 0 Å². The normalized spacial score (nSPS) is 17.0. The smallest absolute Gasteiger partial charge is 0.469 e. The fraction of sp³-hybridized carbons (Fsp3) is 0.526. The highest BCUT2D eigenvalue weighted by Gasteiger charge is 2.41. The van der Waals surface area contributed by atoms with Crippen molar-refractivity contribution in [2.24, 2.45) is 11.5 Å². The Labute approximate surface area is 352 Å². The van der Waals surface area contributed by atoms with Crippen molar-refractivity contribution in [2.45, 2.75) is 102 Å². The second kappa shape index (κ2) is 22.8. The van der Waals surface area contributed by atoms with Crippen molar-refractivity contribution in [3.8, 4) is 0 Å². The lowest BCUT2D eigenvalue weighted by Crippen LogP contribution is -2.62. The van der Waals surface area contributed by atoms with E-state index in [1.807, 2.05) is 36.4 Å². The summed E-state index contributed by atoms with van der Waals surface area (Å²) in [5.74, 6) is -6.51. The number of piperidine rings is 1. The number of benzene rings is 2. The fourth-order valence-electron chi connectivity index (χ4n) is 6.69. The van der Waals surface area contributed by atoms with Crippen LogP contribution < -0.4 is 38.1 Å². The molecule has 0 aliphatic carbocycles. The SMILES string of the molecule is C[C@H](NC(=O)[C@H](CCCNC(=N)N)NC(=O)[C@H](Cc1ccc2ccccc2c1)NC(=O)[C@@H]1CCCCN1C(=O)[C@H](NC(=O)CN(C)C(=O)[C@@H](C)N)[C@H](C)OP(=O)(O)O)C(=O)O. The predicted octanol–water partition coefficient (Wildman–Crippen LogP) is -1.63. The van der Waals surface area contributed by atoms with Gasteiger partial charge in [-0.25, -0.2) is 4.57 Å². The zero-order valence-electron chi connectivity index (χ0n) is 34.5. The van der Waals surface area contributed by atoms with Crippen molar-refractivity contribution in [2.75, 3.05) is 26.7 Å². The van der Waals surface area contributed by atoms with E-state index in [1.54, 1.807) is 6.07 Å². The number of carbonyl (C=O) groups is 7. The Morgan fingerprint density at radius 1 is 0.951 bits per heavy atom. The molecule has 0 spiro atoms. The lowest BCUT2D eigenvalue weighted by Gasteiger charge is -2.38. The van der Waals surface area contributed by atoms with E-state index in [-0.39, 0.29) is 44.7 Å². The molecule has 1 fully saturated rings. The Kier molecular flexibility index (Phi) is 18.6. The molecule has 0 unspecified atom stereocenters. The number of carboxylic acid groups (broad SMARTS) is 1. The van der Waals surface area contributed by atoms with E-state index >= 15 is 0 Å². The molecule has 1 aliphatic rings. The Morgan fingerprint density at radius 2 is 1.61 bits per heavy atom. The number of amides is 6. The summed E-state index contributed by atoms with van der Waals surface area (Å²) in [7, 11) is -3.92. The van der Waals surface area contributed by atoms with E-state index < -0.39 is 98.1 Å². The van der Waals surface area contributed by atoms with Gasteiger partial charge in [0.15, 0.2) is 5.96 Å². The summed E-state index contributed by atoms with van der Waals surface area (Å²) in [6.07, 6.45) is -0.611. The number of guanidine groups is 1. The Hall–Kier alpha value is -5.67. The van der Waals surface area contributed by atoms with Crippen molar-refractivity contribution in [1.82, 2.24) is 36.4 Å². The maximum atomic E-state index is 14.3. The van der Waals surface area contributed by atoms with Crippen molar-refractivity contribution in [1.29, 1.82) is 5.41 Å². The summed E-state index contributed by atoms with van der Waals surface area (Å²) in [5.41, 5.74) is 11.6. The Morgan fingerprint density at radius 3 is 2.23 bits per heavy atom. The van der Waals surface area contributed by atoms with Crippen LogP contribution in [0.4, 0.5) is 0 Å². The Bertz CT molecular complexity index is 1980. The molecule has 22 nitrogen and oxygen atoms in total. The summed E-state index contributed by atoms with van der Waals surface area (Å²) in [6, 6.07) is 4.88. The van der Waals surface area contributed by atoms with Crippen LogP contribution in [0.1, 0.15) is 58.4 Å². The maximum absolute atomic E-state index is 14.3. The first-order valence-electron chi connectivity index (χ1n) is 19.6. The molecule has 0 bridgehead atoms. The second-order valence-electron chi connectivity index (χ2n) is 14.9. The minimum atomic E-state index is -5.22. The molecule has 23 heteroatoms. The molecule has 2 aromatic carbocycles. The molecule has 7 atom stereocenters. The molecule has 13 N–H and O–H groups in total. The van der Waals surface area contributed by atoms with Gasteiger partial charge in [-0.3, -0.25) is 43.5 Å². The van der Waals surface area contributed by atoms with Crippen LogP contribution in [0.15, 0.2) is 42.5 Å². The first-order chi connectivity index (χ1) is 28.6. The molecular formula is C38H57N10O12P. The average Bonchev–Trinajstić information content (AvgIpc) is 3.19. The molecule has 0 radical (unpaired) electrons. The number of hydrogen-bond donors (Lipinski definition) is 11. The van der Waals surface area contributed by atoms with Gasteiger partial charge in [0.05, 0.1) is 18.7 Å². The third-order valence-corrected chi connectivity index (χ3v) is 10.4. The van der Waals surface area contributed by atoms with Crippen molar-refractivity contribution in [3.63, 3.8) is 0 Å². The molecule has 2 aromatic rings. The number of carbonyl (C=O) groups excluding carboxylic acids is 6. The predicted molar refractivity (Wildman–Crippen MR) is 221 cm³/mol. The van der Waals surface area contributed by atoms with E-state index in [4.69, 9.17) is 21.4 Å². The third-order valence-electron chi connectivity index (χ3n) is 9.82. The lowest BCUT2D eigenvalue weighted by molar-refractivity contribution is -0.148. The summed E-state index contributed by atoms with van der Waals surface area (Å²) < 4.78 is 16.6. The average molecular weight is 877 g/mol. The van der Waals surface area contributed by atoms with Gasteiger partial charge in [-0.2, -0.15) is 0 Å². The number of hydrogen-bond acceptors (Lipinski definition) is 11. The quantitative estimate of drug-likeness (QED) is 0.0290. The lowest BCUT2D eigenvalue weighted by atomic mass is 9.97. The monoisotopic (exact) mass is 876 g/mol. The van der Waals surface area contributed by atoms with Crippen LogP contribution in [0.3, 0.4) is 0 Å². The van der Waals surface area contributed by atoms with Gasteiger partial charge in [0.25, 0.3) is 0 Å². The molecule has 336 valence electrons. The molecule has 0 saturated carbocycles. The van der Waals surface area contributed by atoms with E-state index in [0.29, 0.717) is 18.4 Å². The van der Waals surface area contributed by atoms with Gasteiger partial charge < -0.3 is 62.7 Å². The number of phosphoric ester groups is 1. The van der Waals surface area contributed by atoms with Gasteiger partial charge in [0, 0.05) is 26.6 Å². The molecule has 1 aliphatic heterocycles. The van der Waals surface area contributed by atoms with Gasteiger partial charge in [-0.05, 0) is 69.2 Å². The van der Waals surface area contributed by atoms with Crippen LogP contribution >= 0.6 is 7.82 Å². The number of likely N-dealkylation sites (N-methyl/N-ethyl adjacent to an activating group) is 1. The molecule has 0 aromatic heterocycles. The van der Waals surface area contributed by atoms with Crippen molar-refractivity contribution in [3.05, 3.63) is 48.0 Å². The second-order valence-corrected chi connectivity index (χ2v) is 16.1. The summed E-state index contributed by atoms with van der Waals surface area (Å²) in [5, 5.41) is 31.2. The minimum Gasteiger partial charge on any atom is -0.480 e. The topological polar surface area (TPSA) is 349 Å². The number of likely N-dealkylation sites (tertiary alicyclic amines) is 1. The zero-order valence-corrected chi connectivity index (χ0v) is 35.4. The number of carboxylic acids is 1. The number of phosphoric acid groups is 1. The highest BCUT2D eigenvalue weighted by Crippen LogP contribution is 2.38. The van der Waals surface area contributed by atoms with Gasteiger partial charge in [0.1, 0.15) is 30.2 Å². The van der Waals surface area contributed by atoms with Crippen LogP contribution in [0.5, 0.6) is 0 Å². The fourth-order valence-corrected chi connectivity index (χ4v) is 7.24. The summed E-state index contributed by atoms with van der Waals surface area (Å²) in [6.45, 7) is 3.33. The number of nitrogens with two attached hydrogens (primary N) is 2. The highest BCUT2D eigenvalue weighted by molar-refractivity contribution is 7.46. The van der Waals surface area contributed by atoms with Crippen LogP contribution in [-0.2, 0) is 49.1 Å². The van der Waals surface area contributed by atoms with Gasteiger partial charge in [-0.15, -0.1) is 0 Å². The van der Waals surface area contributed by atoms with E-state index in [1.165, 1.54) is 20.9 Å². The van der Waals surface area contributed by atoms with Crippen LogP contribution in [0.25, 0.3) is 10.8 Å². The van der Waals surface area contributed by atoms with E-state index in [9.17, 15) is 53.0 Å². The van der Waals surface area contributed by atoms with Crippen LogP contribution in [0, 0.1) is 5.41 Å². The van der Waals surface area contributed by atoms with E-state index in [2.05, 4.69) is 26.6 Å². The number of nitrogens with one attached hydrogen (secondary N) is 6. The molecule has 61 heavy (non-hydrogen) atoms. The zero-order chi connectivity index (χ0) is 45.6. The number of rotatable bonds is 21. The number of nitrogens with zero attached hydrogens (tertiary/aromatic N) is 2. The van der Waals surface area contributed by atoms with Gasteiger partial charge >= 0.3 is 13.8 Å². The van der Waals surface area contributed by atoms with Gasteiger partial charge in [0.2, 0.25) is 35.4 Å². The first-order valence-corrected chi connectivity index (χ1v) is 21.1. The standard InChI is InChI=1S/C38H57N10O12P/c1-21(39)35(53)47(4)20-30(49)46-31(23(3)60-61(57,58)59)36(54)48-17-8-7-13-29(48)34(52)45-28(19-24-14-15-25-10-5-6-11-26(25)18-24)33(51)44-27(12-9-16-42-38(40)41)32(50)43-22(2)37(55)56/h5-6,10-11,14-15,18,21-23,27-29,31H,7-9,12-13,16-17,19-20,39H2,1-4H3,(H,43,50)(H,44,51)(H,45,52)(H,46,49)(H,55,56)(H4,40,41,42)(H2,57,58,59)/t21-,22+,23+,27+,28+,29+,31-/m1/s1. The number of fused-ring (bicyclic) bond motifs is 1. The third kappa shape index (κ3) is 15.7. The van der Waals surface area contributed by atoms with E-state index in [0.717, 1.165) is 27.5 Å². The molecule has 3 rings (SSSR count). The Balaban J connectivity index is 1.97. The molecule has 6 amide bonds. The van der Waals surface area contributed by atoms with Crippen molar-refractivity contribution < 1.29 is 57.5 Å². The molecular weight excluding hydrogens is 819 g/mol. The first kappa shape index (κ1) is 49.7. The number of aliphatic carboxylic acids is 1. The highest BCUT2D eigenvalue weighted by atomic mass is 31.2. The molecule has 1 heterocycles. The van der Waals surface area contributed by atoms with Gasteiger partial charge in [-0.1, -0.05) is 42.5 Å². The molecule has 1 saturated heterocycles. The summed E-state index contributed by atoms with van der Waals surface area (Å²) in [4.78, 5) is 114. The van der Waals surface area contributed by atoms with Crippen molar-refractivity contribution >= 4 is 66.0 Å². The maximum Gasteiger partial charge on any atom is 0.469 e.